The molecule has 3 aromatic rings. The molecule has 0 aliphatic heterocycles. The molecule has 0 aliphatic rings. The first-order chi connectivity index (χ1) is 13.9. The standard InChI is InChI=1S/C21H18ClN3O3S/c1-25(29(27,28)20-5-3-2-4-6-20)19-13-9-17(10-14-19)21(26)24-23-15-16-7-11-18(22)12-8-16/h2-15H,1H3,(H,24,26)/b23-15+. The van der Waals surface area contributed by atoms with Crippen molar-refractivity contribution in [3.05, 3.63) is 95.0 Å². The molecule has 0 spiro atoms. The molecule has 0 aromatic heterocycles. The van der Waals surface area contributed by atoms with Crippen molar-refractivity contribution in [3.63, 3.8) is 0 Å². The van der Waals surface area contributed by atoms with Gasteiger partial charge in [-0.15, -0.1) is 0 Å². The number of hydrazone groups is 1. The first kappa shape index (κ1) is 20.6. The van der Waals surface area contributed by atoms with Crippen molar-refractivity contribution < 1.29 is 13.2 Å². The number of hydrogen-bond donors (Lipinski definition) is 1. The summed E-state index contributed by atoms with van der Waals surface area (Å²) < 4.78 is 26.5. The summed E-state index contributed by atoms with van der Waals surface area (Å²) in [4.78, 5) is 12.4. The average molecular weight is 428 g/mol. The van der Waals surface area contributed by atoms with E-state index in [2.05, 4.69) is 10.5 Å². The van der Waals surface area contributed by atoms with Crippen molar-refractivity contribution in [2.24, 2.45) is 5.10 Å². The molecule has 3 rings (SSSR count). The number of halogens is 1. The molecular formula is C21H18ClN3O3S. The largest absolute Gasteiger partial charge is 0.271 e. The van der Waals surface area contributed by atoms with Crippen molar-refractivity contribution in [1.82, 2.24) is 5.43 Å². The summed E-state index contributed by atoms with van der Waals surface area (Å²) in [6, 6.07) is 21.4. The molecule has 1 N–H and O–H groups in total. The van der Waals surface area contributed by atoms with E-state index in [1.165, 1.54) is 29.7 Å². The van der Waals surface area contributed by atoms with Gasteiger partial charge in [0.1, 0.15) is 0 Å². The highest BCUT2D eigenvalue weighted by molar-refractivity contribution is 7.92. The Morgan fingerprint density at radius 3 is 2.21 bits per heavy atom. The van der Waals surface area contributed by atoms with Crippen molar-refractivity contribution in [2.45, 2.75) is 4.90 Å². The predicted molar refractivity (Wildman–Crippen MR) is 115 cm³/mol. The number of benzene rings is 3. The minimum atomic E-state index is -3.67. The van der Waals surface area contributed by atoms with Crippen LogP contribution in [0.1, 0.15) is 15.9 Å². The Bertz CT molecular complexity index is 1110. The van der Waals surface area contributed by atoms with Crippen LogP contribution < -0.4 is 9.73 Å². The number of nitrogens with zero attached hydrogens (tertiary/aromatic N) is 2. The Morgan fingerprint density at radius 2 is 1.59 bits per heavy atom. The molecule has 0 bridgehead atoms. The molecule has 0 unspecified atom stereocenters. The first-order valence-electron chi connectivity index (χ1n) is 8.61. The molecule has 8 heteroatoms. The fraction of sp³-hybridized carbons (Fsp3) is 0.0476. The third-order valence-corrected chi connectivity index (χ3v) is 6.20. The predicted octanol–water partition coefficient (Wildman–Crippen LogP) is 3.93. The van der Waals surface area contributed by atoms with Crippen LogP contribution in [0.15, 0.2) is 88.9 Å². The van der Waals surface area contributed by atoms with Gasteiger partial charge in [0.15, 0.2) is 0 Å². The van der Waals surface area contributed by atoms with Gasteiger partial charge in [-0.1, -0.05) is 41.9 Å². The van der Waals surface area contributed by atoms with E-state index >= 15 is 0 Å². The number of rotatable bonds is 6. The van der Waals surface area contributed by atoms with E-state index in [4.69, 9.17) is 11.6 Å². The van der Waals surface area contributed by atoms with E-state index in [1.807, 2.05) is 0 Å². The normalized spacial score (nSPS) is 11.4. The Balaban J connectivity index is 1.67. The average Bonchev–Trinajstić information content (AvgIpc) is 2.75. The van der Waals surface area contributed by atoms with Crippen LogP contribution in [0, 0.1) is 0 Å². The zero-order chi connectivity index (χ0) is 20.9. The van der Waals surface area contributed by atoms with Gasteiger partial charge in [0.2, 0.25) is 0 Å². The number of carbonyl (C=O) groups excluding carboxylic acids is 1. The lowest BCUT2D eigenvalue weighted by atomic mass is 10.2. The highest BCUT2D eigenvalue weighted by Gasteiger charge is 2.21. The van der Waals surface area contributed by atoms with Gasteiger partial charge in [0, 0.05) is 17.6 Å². The van der Waals surface area contributed by atoms with E-state index in [9.17, 15) is 13.2 Å². The van der Waals surface area contributed by atoms with Crippen LogP contribution in [0.25, 0.3) is 0 Å². The quantitative estimate of drug-likeness (QED) is 0.478. The highest BCUT2D eigenvalue weighted by atomic mass is 35.5. The molecule has 0 fully saturated rings. The molecule has 3 aromatic carbocycles. The second kappa shape index (κ2) is 8.89. The van der Waals surface area contributed by atoms with E-state index < -0.39 is 15.9 Å². The highest BCUT2D eigenvalue weighted by Crippen LogP contribution is 2.22. The molecule has 0 radical (unpaired) electrons. The van der Waals surface area contributed by atoms with Gasteiger partial charge < -0.3 is 0 Å². The van der Waals surface area contributed by atoms with Gasteiger partial charge in [0.25, 0.3) is 15.9 Å². The molecule has 0 aliphatic carbocycles. The number of nitrogens with one attached hydrogen (secondary N) is 1. The maximum atomic E-state index is 12.7. The minimum Gasteiger partial charge on any atom is -0.269 e. The van der Waals surface area contributed by atoms with Crippen molar-refractivity contribution in [1.29, 1.82) is 0 Å². The smallest absolute Gasteiger partial charge is 0.269 e. The summed E-state index contributed by atoms with van der Waals surface area (Å²) in [5, 5.41) is 4.53. The van der Waals surface area contributed by atoms with Crippen molar-refractivity contribution >= 4 is 39.4 Å². The topological polar surface area (TPSA) is 78.8 Å². The summed E-state index contributed by atoms with van der Waals surface area (Å²) in [6.45, 7) is 0. The minimum absolute atomic E-state index is 0.195. The lowest BCUT2D eigenvalue weighted by molar-refractivity contribution is 0.0955. The van der Waals surface area contributed by atoms with Crippen LogP contribution >= 0.6 is 11.6 Å². The van der Waals surface area contributed by atoms with Crippen LogP contribution in [0.5, 0.6) is 0 Å². The summed E-state index contributed by atoms with van der Waals surface area (Å²) in [5.41, 5.74) is 4.02. The van der Waals surface area contributed by atoms with Gasteiger partial charge in [0.05, 0.1) is 16.8 Å². The molecule has 0 saturated heterocycles. The van der Waals surface area contributed by atoms with Crippen LogP contribution in [0.3, 0.4) is 0 Å². The van der Waals surface area contributed by atoms with Crippen LogP contribution in [-0.2, 0) is 10.0 Å². The number of anilines is 1. The Labute approximate surface area is 174 Å². The van der Waals surface area contributed by atoms with Gasteiger partial charge in [-0.3, -0.25) is 9.10 Å². The second-order valence-corrected chi connectivity index (χ2v) is 8.49. The summed E-state index contributed by atoms with van der Waals surface area (Å²) >= 11 is 5.82. The fourth-order valence-electron chi connectivity index (χ4n) is 2.49. The monoisotopic (exact) mass is 427 g/mol. The third-order valence-electron chi connectivity index (χ3n) is 4.14. The van der Waals surface area contributed by atoms with E-state index in [0.29, 0.717) is 16.3 Å². The molecular weight excluding hydrogens is 410 g/mol. The molecule has 0 heterocycles. The van der Waals surface area contributed by atoms with Gasteiger partial charge in [-0.25, -0.2) is 13.8 Å². The lowest BCUT2D eigenvalue weighted by Crippen LogP contribution is -2.26. The van der Waals surface area contributed by atoms with E-state index in [0.717, 1.165) is 5.56 Å². The van der Waals surface area contributed by atoms with Crippen LogP contribution in [0.4, 0.5) is 5.69 Å². The van der Waals surface area contributed by atoms with E-state index in [-0.39, 0.29) is 4.90 Å². The lowest BCUT2D eigenvalue weighted by Gasteiger charge is -2.19. The number of carbonyl (C=O) groups is 1. The summed E-state index contributed by atoms with van der Waals surface area (Å²) in [6.07, 6.45) is 1.50. The van der Waals surface area contributed by atoms with Gasteiger partial charge in [-0.2, -0.15) is 5.10 Å². The van der Waals surface area contributed by atoms with E-state index in [1.54, 1.807) is 66.7 Å². The number of amides is 1. The first-order valence-corrected chi connectivity index (χ1v) is 10.4. The Hall–Kier alpha value is -3.16. The molecule has 148 valence electrons. The van der Waals surface area contributed by atoms with Gasteiger partial charge in [-0.05, 0) is 54.1 Å². The third kappa shape index (κ3) is 5.01. The fourth-order valence-corrected chi connectivity index (χ4v) is 3.83. The summed E-state index contributed by atoms with van der Waals surface area (Å²) in [5.74, 6) is -0.407. The molecule has 1 amide bonds. The van der Waals surface area contributed by atoms with Crippen molar-refractivity contribution in [2.75, 3.05) is 11.4 Å². The summed E-state index contributed by atoms with van der Waals surface area (Å²) in [7, 11) is -2.21. The molecule has 0 saturated carbocycles. The molecule has 6 nitrogen and oxygen atoms in total. The van der Waals surface area contributed by atoms with Crippen LogP contribution in [-0.4, -0.2) is 27.6 Å². The maximum absolute atomic E-state index is 12.7. The van der Waals surface area contributed by atoms with Gasteiger partial charge >= 0.3 is 0 Å². The Morgan fingerprint density at radius 1 is 0.966 bits per heavy atom. The zero-order valence-corrected chi connectivity index (χ0v) is 17.1. The molecule has 29 heavy (non-hydrogen) atoms. The van der Waals surface area contributed by atoms with Crippen LogP contribution in [0.2, 0.25) is 5.02 Å². The SMILES string of the molecule is CN(c1ccc(C(=O)N/N=C/c2ccc(Cl)cc2)cc1)S(=O)(=O)c1ccccc1. The molecule has 0 atom stereocenters. The second-order valence-electron chi connectivity index (χ2n) is 6.08. The maximum Gasteiger partial charge on any atom is 0.271 e. The number of hydrogen-bond acceptors (Lipinski definition) is 4. The van der Waals surface area contributed by atoms with Crippen molar-refractivity contribution in [3.8, 4) is 0 Å². The number of sulfonamides is 1. The Kier molecular flexibility index (Phi) is 6.31. The zero-order valence-electron chi connectivity index (χ0n) is 15.5.